The Morgan fingerprint density at radius 1 is 1.07 bits per heavy atom. The van der Waals surface area contributed by atoms with Crippen LogP contribution in [0.5, 0.6) is 0 Å². The van der Waals surface area contributed by atoms with Crippen LogP contribution in [0, 0.1) is 0 Å². The topological polar surface area (TPSA) is 142 Å². The summed E-state index contributed by atoms with van der Waals surface area (Å²) in [7, 11) is 0. The summed E-state index contributed by atoms with van der Waals surface area (Å²) in [6.07, 6.45) is 2.77. The Kier molecular flexibility index (Phi) is 8.73. The molecule has 0 aromatic carbocycles. The summed E-state index contributed by atoms with van der Waals surface area (Å²) >= 11 is 0.756. The fourth-order valence-corrected chi connectivity index (χ4v) is 5.81. The number of aromatic nitrogens is 4. The molecule has 43 heavy (non-hydrogen) atoms. The van der Waals surface area contributed by atoms with E-state index in [0.29, 0.717) is 30.8 Å². The van der Waals surface area contributed by atoms with E-state index < -0.39 is 34.9 Å². The van der Waals surface area contributed by atoms with E-state index in [9.17, 15) is 32.7 Å². The molecule has 1 aliphatic heterocycles. The molecule has 5 heterocycles. The van der Waals surface area contributed by atoms with Gasteiger partial charge in [0.2, 0.25) is 5.43 Å². The minimum absolute atomic E-state index is 0.00185. The number of hydrogen-bond donors (Lipinski definition) is 3. The van der Waals surface area contributed by atoms with Gasteiger partial charge in [0, 0.05) is 60.3 Å². The number of likely N-dealkylation sites (tertiary alicyclic amines) is 1. The first-order chi connectivity index (χ1) is 20.5. The summed E-state index contributed by atoms with van der Waals surface area (Å²) in [5.41, 5.74) is -1.13. The van der Waals surface area contributed by atoms with Crippen LogP contribution in [0.25, 0.3) is 32.7 Å². The van der Waals surface area contributed by atoms with Gasteiger partial charge in [-0.15, -0.1) is 11.3 Å². The molecule has 3 N–H and O–H groups in total. The maximum Gasteiger partial charge on any atom is 0.434 e. The van der Waals surface area contributed by atoms with Crippen LogP contribution in [0.3, 0.4) is 0 Å². The molecule has 0 atom stereocenters. The highest BCUT2D eigenvalue weighted by Gasteiger charge is 2.34. The number of hydrogen-bond acceptors (Lipinski definition) is 8. The van der Waals surface area contributed by atoms with Gasteiger partial charge in [-0.1, -0.05) is 6.42 Å². The maximum absolute atomic E-state index is 13.4. The number of carboxylic acids is 1. The molecular weight excluding hydrogens is 587 g/mol. The molecule has 5 rings (SSSR count). The van der Waals surface area contributed by atoms with Crippen LogP contribution >= 0.6 is 11.3 Å². The smallest absolute Gasteiger partial charge is 0.434 e. The molecule has 1 saturated heterocycles. The van der Waals surface area contributed by atoms with E-state index >= 15 is 0 Å². The highest BCUT2D eigenvalue weighted by atomic mass is 32.1. The first kappa shape index (κ1) is 30.1. The summed E-state index contributed by atoms with van der Waals surface area (Å²) < 4.78 is 41.8. The Hall–Kier alpha value is -4.37. The number of thiazole rings is 1. The number of aromatic carboxylic acids is 1. The van der Waals surface area contributed by atoms with E-state index in [1.807, 2.05) is 0 Å². The predicted molar refractivity (Wildman–Crippen MR) is 155 cm³/mol. The van der Waals surface area contributed by atoms with Crippen molar-refractivity contribution in [3.63, 3.8) is 0 Å². The summed E-state index contributed by atoms with van der Waals surface area (Å²) in [5, 5.41) is 15.8. The lowest BCUT2D eigenvalue weighted by Crippen LogP contribution is -2.33. The zero-order valence-electron chi connectivity index (χ0n) is 23.1. The van der Waals surface area contributed by atoms with Crippen molar-refractivity contribution in [2.24, 2.45) is 0 Å². The predicted octanol–water partition coefficient (Wildman–Crippen LogP) is 4.93. The molecule has 4 aromatic rings. The van der Waals surface area contributed by atoms with Crippen molar-refractivity contribution in [1.82, 2.24) is 29.7 Å². The lowest BCUT2D eigenvalue weighted by atomic mass is 10.0. The zero-order chi connectivity index (χ0) is 30.7. The van der Waals surface area contributed by atoms with Crippen LogP contribution in [0.2, 0.25) is 0 Å². The lowest BCUT2D eigenvalue weighted by Gasteiger charge is -2.27. The summed E-state index contributed by atoms with van der Waals surface area (Å²) in [4.78, 5) is 52.1. The number of carboxylic acid groups (broad SMARTS) is 1. The van der Waals surface area contributed by atoms with Crippen molar-refractivity contribution < 1.29 is 27.9 Å². The number of amides is 2. The van der Waals surface area contributed by atoms with Crippen LogP contribution in [0.1, 0.15) is 42.2 Å². The molecule has 0 saturated carbocycles. The number of urea groups is 1. The van der Waals surface area contributed by atoms with E-state index in [4.69, 9.17) is 0 Å². The van der Waals surface area contributed by atoms with Crippen molar-refractivity contribution in [1.29, 1.82) is 0 Å². The van der Waals surface area contributed by atoms with E-state index in [2.05, 4.69) is 30.5 Å². The molecule has 0 bridgehead atoms. The highest BCUT2D eigenvalue weighted by Crippen LogP contribution is 2.38. The average Bonchev–Trinajstić information content (AvgIpc) is 3.49. The Morgan fingerprint density at radius 3 is 2.51 bits per heavy atom. The Bertz CT molecular complexity index is 1730. The lowest BCUT2D eigenvalue weighted by molar-refractivity contribution is -0.140. The Balaban J connectivity index is 1.61. The fourth-order valence-electron chi connectivity index (χ4n) is 4.96. The number of pyridine rings is 3. The molecule has 0 aliphatic carbocycles. The Labute approximate surface area is 247 Å². The number of nitrogens with one attached hydrogen (secondary N) is 2. The normalized spacial score (nSPS) is 14.1. The van der Waals surface area contributed by atoms with Crippen LogP contribution < -0.4 is 16.1 Å². The molecular formula is C28H28F3N7O4S. The molecule has 11 nitrogen and oxygen atoms in total. The van der Waals surface area contributed by atoms with Gasteiger partial charge in [-0.25, -0.2) is 24.5 Å². The number of fused-ring (bicyclic) bond motifs is 1. The number of carbonyl (C=O) groups is 2. The second-order valence-electron chi connectivity index (χ2n) is 10.0. The third-order valence-corrected chi connectivity index (χ3v) is 7.94. The van der Waals surface area contributed by atoms with E-state index in [0.717, 1.165) is 42.6 Å². The number of halogens is 3. The monoisotopic (exact) mass is 615 g/mol. The van der Waals surface area contributed by atoms with Crippen molar-refractivity contribution in [2.75, 3.05) is 31.5 Å². The molecule has 15 heteroatoms. The molecule has 4 aromatic heterocycles. The van der Waals surface area contributed by atoms with Gasteiger partial charge in [-0.2, -0.15) is 13.2 Å². The van der Waals surface area contributed by atoms with Gasteiger partial charge in [-0.3, -0.25) is 10.1 Å². The minimum atomic E-state index is -4.67. The van der Waals surface area contributed by atoms with Gasteiger partial charge in [0.15, 0.2) is 5.69 Å². The van der Waals surface area contributed by atoms with Crippen molar-refractivity contribution in [3.05, 3.63) is 57.6 Å². The van der Waals surface area contributed by atoms with Gasteiger partial charge in [-0.05, 0) is 45.0 Å². The molecule has 0 radical (unpaired) electrons. The number of rotatable bonds is 8. The molecule has 2 amide bonds. The minimum Gasteiger partial charge on any atom is -0.477 e. The second-order valence-corrected chi connectivity index (χ2v) is 10.9. The SMILES string of the molecule is CCNC(=O)Nc1cc(-c2nc(C(F)(F)F)cs2)c(-c2cnc3c(c2)c(=O)c(C(=O)O)cn3CCN2CCCCC2)cn1. The van der Waals surface area contributed by atoms with E-state index in [1.165, 1.54) is 37.1 Å². The first-order valence-corrected chi connectivity index (χ1v) is 14.5. The average molecular weight is 616 g/mol. The highest BCUT2D eigenvalue weighted by molar-refractivity contribution is 7.13. The number of piperidine rings is 1. The van der Waals surface area contributed by atoms with Crippen molar-refractivity contribution in [3.8, 4) is 21.7 Å². The number of alkyl halides is 3. The third-order valence-electron chi connectivity index (χ3n) is 7.07. The standard InChI is InChI=1S/C28H28F3N7O4S/c1-2-32-27(42)36-22-11-17(25-35-21(15-43-25)28(29,30)31)19(13-33-22)16-10-18-23(39)20(26(40)41)14-38(24(18)34-12-16)9-8-37-6-4-3-5-7-37/h10-15H,2-9H2,1H3,(H,40,41)(H2,32,33,36,42). The summed E-state index contributed by atoms with van der Waals surface area (Å²) in [6, 6.07) is 2.30. The number of anilines is 1. The molecule has 1 aliphatic rings. The van der Waals surface area contributed by atoms with Gasteiger partial charge < -0.3 is 19.9 Å². The van der Waals surface area contributed by atoms with Gasteiger partial charge in [0.05, 0.1) is 5.39 Å². The molecule has 1 fully saturated rings. The van der Waals surface area contributed by atoms with Crippen LogP contribution in [-0.2, 0) is 12.7 Å². The van der Waals surface area contributed by atoms with Crippen molar-refractivity contribution >= 4 is 40.2 Å². The van der Waals surface area contributed by atoms with Crippen molar-refractivity contribution in [2.45, 2.75) is 38.9 Å². The molecule has 0 spiro atoms. The quantitative estimate of drug-likeness (QED) is 0.253. The van der Waals surface area contributed by atoms with Crippen LogP contribution in [0.15, 0.2) is 40.9 Å². The van der Waals surface area contributed by atoms with Gasteiger partial charge in [0.1, 0.15) is 22.0 Å². The largest absolute Gasteiger partial charge is 0.477 e. The zero-order valence-corrected chi connectivity index (χ0v) is 23.9. The second kappa shape index (κ2) is 12.5. The fraction of sp³-hybridized carbons (Fsp3) is 0.357. The maximum atomic E-state index is 13.4. The van der Waals surface area contributed by atoms with Crippen LogP contribution in [-0.4, -0.2) is 67.7 Å². The molecule has 0 unspecified atom stereocenters. The van der Waals surface area contributed by atoms with E-state index in [1.54, 1.807) is 11.5 Å². The Morgan fingerprint density at radius 2 is 1.84 bits per heavy atom. The van der Waals surface area contributed by atoms with Crippen LogP contribution in [0.4, 0.5) is 23.8 Å². The number of nitrogens with zero attached hydrogens (tertiary/aromatic N) is 5. The summed E-state index contributed by atoms with van der Waals surface area (Å²) in [6.45, 7) is 5.01. The van der Waals surface area contributed by atoms with E-state index in [-0.39, 0.29) is 27.4 Å². The third kappa shape index (κ3) is 6.67. The molecule has 226 valence electrons. The van der Waals surface area contributed by atoms with Gasteiger partial charge >= 0.3 is 18.2 Å². The number of carbonyl (C=O) groups excluding carboxylic acids is 1. The van der Waals surface area contributed by atoms with Gasteiger partial charge in [0.25, 0.3) is 0 Å². The summed E-state index contributed by atoms with van der Waals surface area (Å²) in [5.74, 6) is -1.31. The first-order valence-electron chi connectivity index (χ1n) is 13.6.